The molecule has 0 aromatic rings. The van der Waals surface area contributed by atoms with E-state index in [9.17, 15) is 0 Å². The Hall–Kier alpha value is -0.200. The van der Waals surface area contributed by atoms with Crippen molar-refractivity contribution in [1.29, 1.82) is 5.26 Å². The maximum Gasteiger partial charge on any atom is 0.105 e. The molecule has 3 heteroatoms. The van der Waals surface area contributed by atoms with E-state index in [1.165, 1.54) is 0 Å². The van der Waals surface area contributed by atoms with E-state index in [0.717, 1.165) is 11.5 Å². The van der Waals surface area contributed by atoms with Gasteiger partial charge in [-0.25, -0.2) is 0 Å². The van der Waals surface area contributed by atoms with E-state index in [-0.39, 0.29) is 6.04 Å². The molecule has 1 unspecified atom stereocenters. The Labute approximate surface area is 73.4 Å². The zero-order valence-electron chi connectivity index (χ0n) is 7.42. The summed E-state index contributed by atoms with van der Waals surface area (Å²) in [5, 5.41) is 11.9. The molecule has 0 saturated heterocycles. The number of rotatable bonds is 5. The zero-order chi connectivity index (χ0) is 8.69. The largest absolute Gasteiger partial charge is 0.299 e. The second kappa shape index (κ2) is 6.51. The number of hydrogen-bond acceptors (Lipinski definition) is 3. The van der Waals surface area contributed by atoms with Crippen molar-refractivity contribution in [2.24, 2.45) is 0 Å². The van der Waals surface area contributed by atoms with Crippen molar-refractivity contribution in [3.05, 3.63) is 0 Å². The van der Waals surface area contributed by atoms with Gasteiger partial charge in [-0.2, -0.15) is 17.0 Å². The molecule has 0 heterocycles. The first-order valence-corrected chi connectivity index (χ1v) is 5.09. The lowest BCUT2D eigenvalue weighted by Crippen LogP contribution is -2.35. The topological polar surface area (TPSA) is 35.8 Å². The second-order valence-corrected chi connectivity index (χ2v) is 3.98. The molecule has 0 aliphatic carbocycles. The van der Waals surface area contributed by atoms with Crippen molar-refractivity contribution in [3.8, 4) is 6.07 Å². The molecule has 0 aromatic heterocycles. The second-order valence-electron chi connectivity index (χ2n) is 2.66. The van der Waals surface area contributed by atoms with Gasteiger partial charge < -0.3 is 0 Å². The van der Waals surface area contributed by atoms with Gasteiger partial charge in [0.05, 0.1) is 6.07 Å². The Morgan fingerprint density at radius 1 is 1.55 bits per heavy atom. The third-order valence-electron chi connectivity index (χ3n) is 1.18. The summed E-state index contributed by atoms with van der Waals surface area (Å²) in [6.45, 7) is 6.22. The summed E-state index contributed by atoms with van der Waals surface area (Å²) in [6.07, 6.45) is 0. The molecule has 0 spiro atoms. The van der Waals surface area contributed by atoms with Gasteiger partial charge in [-0.15, -0.1) is 0 Å². The Morgan fingerprint density at radius 2 is 2.18 bits per heavy atom. The smallest absolute Gasteiger partial charge is 0.105 e. The van der Waals surface area contributed by atoms with E-state index in [1.807, 2.05) is 0 Å². The maximum atomic E-state index is 8.68. The number of hydrogen-bond donors (Lipinski definition) is 1. The van der Waals surface area contributed by atoms with Crippen LogP contribution in [-0.4, -0.2) is 23.6 Å². The highest BCUT2D eigenvalue weighted by Crippen LogP contribution is 2.01. The number of nitrogens with one attached hydrogen (secondary N) is 1. The van der Waals surface area contributed by atoms with Crippen molar-refractivity contribution in [2.45, 2.75) is 32.9 Å². The van der Waals surface area contributed by atoms with E-state index < -0.39 is 0 Å². The first-order chi connectivity index (χ1) is 5.20. The first kappa shape index (κ1) is 10.8. The highest BCUT2D eigenvalue weighted by atomic mass is 32.2. The Bertz CT molecular complexity index is 129. The predicted molar refractivity (Wildman–Crippen MR) is 50.7 cm³/mol. The molecule has 0 saturated carbocycles. The van der Waals surface area contributed by atoms with Crippen molar-refractivity contribution >= 4 is 11.8 Å². The summed E-state index contributed by atoms with van der Waals surface area (Å²) >= 11 is 1.80. The molecule has 1 N–H and O–H groups in total. The van der Waals surface area contributed by atoms with Gasteiger partial charge >= 0.3 is 0 Å². The summed E-state index contributed by atoms with van der Waals surface area (Å²) in [5.74, 6) is 1.98. The molecule has 0 aliphatic rings. The quantitative estimate of drug-likeness (QED) is 0.684. The fourth-order valence-electron chi connectivity index (χ4n) is 0.761. The normalized spacial score (nSPS) is 13.0. The SMILES string of the molecule is CCSCC(C#N)NC(C)C. The fourth-order valence-corrected chi connectivity index (χ4v) is 1.40. The Morgan fingerprint density at radius 3 is 2.55 bits per heavy atom. The minimum absolute atomic E-state index is 0.0138. The summed E-state index contributed by atoms with van der Waals surface area (Å²) in [4.78, 5) is 0. The van der Waals surface area contributed by atoms with Gasteiger partial charge in [0, 0.05) is 11.8 Å². The van der Waals surface area contributed by atoms with Crippen LogP contribution >= 0.6 is 11.8 Å². The first-order valence-electron chi connectivity index (χ1n) is 3.94. The minimum Gasteiger partial charge on any atom is -0.299 e. The third kappa shape index (κ3) is 6.21. The highest BCUT2D eigenvalue weighted by Gasteiger charge is 2.06. The lowest BCUT2D eigenvalue weighted by molar-refractivity contribution is 0.560. The van der Waals surface area contributed by atoms with Gasteiger partial charge in [0.1, 0.15) is 6.04 Å². The molecule has 2 nitrogen and oxygen atoms in total. The molecule has 64 valence electrons. The molecule has 0 amide bonds. The molecule has 0 bridgehead atoms. The lowest BCUT2D eigenvalue weighted by atomic mass is 10.3. The van der Waals surface area contributed by atoms with Crippen LogP contribution in [0.3, 0.4) is 0 Å². The van der Waals surface area contributed by atoms with E-state index in [0.29, 0.717) is 6.04 Å². The van der Waals surface area contributed by atoms with E-state index in [4.69, 9.17) is 5.26 Å². The Balaban J connectivity index is 3.52. The minimum atomic E-state index is 0.0138. The van der Waals surface area contributed by atoms with Crippen molar-refractivity contribution in [3.63, 3.8) is 0 Å². The summed E-state index contributed by atoms with van der Waals surface area (Å²) in [5.41, 5.74) is 0. The molecule has 0 radical (unpaired) electrons. The number of nitrogens with zero attached hydrogens (tertiary/aromatic N) is 1. The standard InChI is InChI=1S/C8H16N2S/c1-4-11-6-8(5-9)10-7(2)3/h7-8,10H,4,6H2,1-3H3. The van der Waals surface area contributed by atoms with Gasteiger partial charge in [-0.3, -0.25) is 5.32 Å². The van der Waals surface area contributed by atoms with Gasteiger partial charge in [0.15, 0.2) is 0 Å². The van der Waals surface area contributed by atoms with E-state index in [2.05, 4.69) is 32.2 Å². The zero-order valence-corrected chi connectivity index (χ0v) is 8.24. The third-order valence-corrected chi connectivity index (χ3v) is 2.16. The van der Waals surface area contributed by atoms with Crippen LogP contribution in [0, 0.1) is 11.3 Å². The molecule has 0 fully saturated rings. The fraction of sp³-hybridized carbons (Fsp3) is 0.875. The van der Waals surface area contributed by atoms with E-state index in [1.54, 1.807) is 11.8 Å². The van der Waals surface area contributed by atoms with Crippen LogP contribution in [0.1, 0.15) is 20.8 Å². The highest BCUT2D eigenvalue weighted by molar-refractivity contribution is 7.99. The van der Waals surface area contributed by atoms with Crippen LogP contribution in [0.15, 0.2) is 0 Å². The average molecular weight is 172 g/mol. The lowest BCUT2D eigenvalue weighted by Gasteiger charge is -2.13. The van der Waals surface area contributed by atoms with Gasteiger partial charge in [-0.1, -0.05) is 6.92 Å². The van der Waals surface area contributed by atoms with Crippen LogP contribution in [0.5, 0.6) is 0 Å². The Kier molecular flexibility index (Phi) is 6.39. The van der Waals surface area contributed by atoms with Gasteiger partial charge in [0.25, 0.3) is 0 Å². The number of thioether (sulfide) groups is 1. The van der Waals surface area contributed by atoms with Crippen molar-refractivity contribution in [2.75, 3.05) is 11.5 Å². The molecule has 0 rings (SSSR count). The summed E-state index contributed by atoms with van der Waals surface area (Å²) in [6, 6.07) is 2.65. The molecule has 0 aliphatic heterocycles. The van der Waals surface area contributed by atoms with Crippen LogP contribution in [-0.2, 0) is 0 Å². The molecular formula is C8H16N2S. The van der Waals surface area contributed by atoms with E-state index >= 15 is 0 Å². The summed E-state index contributed by atoms with van der Waals surface area (Å²) in [7, 11) is 0. The predicted octanol–water partition coefficient (Wildman–Crippen LogP) is 1.63. The average Bonchev–Trinajstić information content (AvgIpc) is 1.97. The number of nitriles is 1. The summed E-state index contributed by atoms with van der Waals surface area (Å²) < 4.78 is 0. The van der Waals surface area contributed by atoms with Crippen LogP contribution in [0.4, 0.5) is 0 Å². The molecule has 1 atom stereocenters. The van der Waals surface area contributed by atoms with Crippen molar-refractivity contribution in [1.82, 2.24) is 5.32 Å². The van der Waals surface area contributed by atoms with Crippen molar-refractivity contribution < 1.29 is 0 Å². The maximum absolute atomic E-state index is 8.68. The molecule has 0 aromatic carbocycles. The van der Waals surface area contributed by atoms with Gasteiger partial charge in [-0.05, 0) is 19.6 Å². The molecule has 11 heavy (non-hydrogen) atoms. The van der Waals surface area contributed by atoms with Crippen LogP contribution in [0.25, 0.3) is 0 Å². The van der Waals surface area contributed by atoms with Gasteiger partial charge in [0.2, 0.25) is 0 Å². The van der Waals surface area contributed by atoms with Crippen LogP contribution in [0.2, 0.25) is 0 Å². The molecular weight excluding hydrogens is 156 g/mol. The monoisotopic (exact) mass is 172 g/mol. The van der Waals surface area contributed by atoms with Crippen LogP contribution < -0.4 is 5.32 Å².